The molecule has 0 bridgehead atoms. The number of aryl methyl sites for hydroxylation is 1. The lowest BCUT2D eigenvalue weighted by atomic mass is 10.00. The van der Waals surface area contributed by atoms with Gasteiger partial charge in [-0.05, 0) is 17.5 Å². The third-order valence-electron chi connectivity index (χ3n) is 3.12. The summed E-state index contributed by atoms with van der Waals surface area (Å²) in [4.78, 5) is 11.9. The molecule has 0 aliphatic carbocycles. The minimum atomic E-state index is -0.0703. The van der Waals surface area contributed by atoms with E-state index < -0.39 is 0 Å². The van der Waals surface area contributed by atoms with Crippen molar-refractivity contribution in [2.24, 2.45) is 12.8 Å². The van der Waals surface area contributed by atoms with Crippen molar-refractivity contribution in [2.75, 3.05) is 0 Å². The van der Waals surface area contributed by atoms with Gasteiger partial charge < -0.3 is 5.73 Å². The number of hydrogen-bond acceptors (Lipinski definition) is 3. The topological polar surface area (TPSA) is 60.9 Å². The van der Waals surface area contributed by atoms with E-state index in [-0.39, 0.29) is 11.8 Å². The highest BCUT2D eigenvalue weighted by Gasteiger charge is 2.10. The third-order valence-corrected chi connectivity index (χ3v) is 3.12. The van der Waals surface area contributed by atoms with E-state index in [9.17, 15) is 4.79 Å². The number of nitrogens with zero attached hydrogens (tertiary/aromatic N) is 2. The first kappa shape index (κ1) is 13.5. The number of ketones is 1. The molecule has 2 aromatic rings. The normalized spacial score (nSPS) is 12.3. The van der Waals surface area contributed by atoms with Crippen molar-refractivity contribution in [2.45, 2.75) is 25.3 Å². The number of rotatable bonds is 6. The molecule has 1 atom stereocenters. The summed E-state index contributed by atoms with van der Waals surface area (Å²) < 4.78 is 1.71. The molecule has 4 heteroatoms. The number of hydrogen-bond donors (Lipinski definition) is 1. The van der Waals surface area contributed by atoms with Gasteiger partial charge in [0.05, 0.1) is 6.20 Å². The molecule has 0 aliphatic heterocycles. The highest BCUT2D eigenvalue weighted by Crippen LogP contribution is 2.15. The van der Waals surface area contributed by atoms with E-state index in [4.69, 9.17) is 5.73 Å². The Labute approximate surface area is 113 Å². The molecule has 0 saturated heterocycles. The number of carbonyl (C=O) groups excluding carboxylic acids is 1. The van der Waals surface area contributed by atoms with Crippen LogP contribution in [0.5, 0.6) is 0 Å². The van der Waals surface area contributed by atoms with Crippen molar-refractivity contribution >= 4 is 5.78 Å². The molecule has 1 heterocycles. The summed E-state index contributed by atoms with van der Waals surface area (Å²) in [6, 6.07) is 9.81. The van der Waals surface area contributed by atoms with E-state index in [0.717, 1.165) is 11.1 Å². The summed E-state index contributed by atoms with van der Waals surface area (Å²) >= 11 is 0. The zero-order valence-electron chi connectivity index (χ0n) is 11.1. The molecule has 4 nitrogen and oxygen atoms in total. The second-order valence-electron chi connectivity index (χ2n) is 4.79. The Balaban J connectivity index is 1.80. The number of benzene rings is 1. The Hall–Kier alpha value is -1.94. The summed E-state index contributed by atoms with van der Waals surface area (Å²) in [6.07, 6.45) is 5.23. The van der Waals surface area contributed by atoms with Crippen LogP contribution in [0.1, 0.15) is 30.0 Å². The Morgan fingerprint density at radius 2 is 2.11 bits per heavy atom. The molecule has 0 amide bonds. The van der Waals surface area contributed by atoms with E-state index in [1.165, 1.54) is 0 Å². The Kier molecular flexibility index (Phi) is 4.47. The number of nitrogens with two attached hydrogens (primary N) is 1. The van der Waals surface area contributed by atoms with Crippen LogP contribution in [-0.2, 0) is 18.3 Å². The van der Waals surface area contributed by atoms with E-state index in [2.05, 4.69) is 5.10 Å². The van der Waals surface area contributed by atoms with Crippen LogP contribution in [0.25, 0.3) is 0 Å². The lowest BCUT2D eigenvalue weighted by molar-refractivity contribution is -0.118. The van der Waals surface area contributed by atoms with Crippen molar-refractivity contribution in [3.63, 3.8) is 0 Å². The van der Waals surface area contributed by atoms with Gasteiger partial charge in [-0.15, -0.1) is 0 Å². The van der Waals surface area contributed by atoms with E-state index in [0.29, 0.717) is 19.3 Å². The number of Topliss-reactive ketones (excluding diaryl/α,β-unsaturated/α-hetero) is 1. The molecule has 0 radical (unpaired) electrons. The summed E-state index contributed by atoms with van der Waals surface area (Å²) in [7, 11) is 1.85. The largest absolute Gasteiger partial charge is 0.324 e. The summed E-state index contributed by atoms with van der Waals surface area (Å²) in [5.41, 5.74) is 8.11. The minimum Gasteiger partial charge on any atom is -0.324 e. The maximum absolute atomic E-state index is 11.9. The Bertz CT molecular complexity index is 533. The van der Waals surface area contributed by atoms with Crippen LogP contribution in [0.3, 0.4) is 0 Å². The highest BCUT2D eigenvalue weighted by atomic mass is 16.1. The second-order valence-corrected chi connectivity index (χ2v) is 4.79. The molecule has 2 rings (SSSR count). The lowest BCUT2D eigenvalue weighted by Gasteiger charge is -2.10. The molecular formula is C15H19N3O. The van der Waals surface area contributed by atoms with Crippen LogP contribution in [0, 0.1) is 0 Å². The van der Waals surface area contributed by atoms with Crippen molar-refractivity contribution in [3.05, 3.63) is 53.9 Å². The van der Waals surface area contributed by atoms with Crippen molar-refractivity contribution in [1.29, 1.82) is 0 Å². The first-order chi connectivity index (χ1) is 9.15. The standard InChI is InChI=1S/C15H19N3O/c1-18-11-12(10-17-18)9-14(19)7-8-15(16)13-5-3-2-4-6-13/h2-6,10-11,15H,7-9,16H2,1H3. The van der Waals surface area contributed by atoms with Gasteiger partial charge in [0, 0.05) is 32.1 Å². The third kappa shape index (κ3) is 4.03. The second kappa shape index (κ2) is 6.29. The van der Waals surface area contributed by atoms with Crippen LogP contribution in [-0.4, -0.2) is 15.6 Å². The van der Waals surface area contributed by atoms with E-state index in [1.807, 2.05) is 43.6 Å². The average Bonchev–Trinajstić information content (AvgIpc) is 2.82. The van der Waals surface area contributed by atoms with Gasteiger partial charge in [-0.25, -0.2) is 0 Å². The van der Waals surface area contributed by atoms with Gasteiger partial charge in [0.15, 0.2) is 0 Å². The quantitative estimate of drug-likeness (QED) is 0.861. The molecule has 19 heavy (non-hydrogen) atoms. The molecule has 0 saturated carbocycles. The van der Waals surface area contributed by atoms with Crippen LogP contribution < -0.4 is 5.73 Å². The van der Waals surface area contributed by atoms with Crippen LogP contribution in [0.4, 0.5) is 0 Å². The minimum absolute atomic E-state index is 0.0703. The maximum Gasteiger partial charge on any atom is 0.137 e. The predicted molar refractivity (Wildman–Crippen MR) is 74.5 cm³/mol. The molecule has 2 N–H and O–H groups in total. The van der Waals surface area contributed by atoms with Gasteiger partial charge in [0.25, 0.3) is 0 Å². The van der Waals surface area contributed by atoms with Crippen LogP contribution in [0.2, 0.25) is 0 Å². The first-order valence-electron chi connectivity index (χ1n) is 6.45. The van der Waals surface area contributed by atoms with Gasteiger partial charge in [-0.2, -0.15) is 5.10 Å². The number of carbonyl (C=O) groups is 1. The van der Waals surface area contributed by atoms with E-state index >= 15 is 0 Å². The molecule has 0 spiro atoms. The molecule has 1 aromatic carbocycles. The Morgan fingerprint density at radius 1 is 1.37 bits per heavy atom. The molecular weight excluding hydrogens is 238 g/mol. The fourth-order valence-electron chi connectivity index (χ4n) is 2.06. The van der Waals surface area contributed by atoms with Crippen LogP contribution >= 0.6 is 0 Å². The molecule has 0 aliphatic rings. The first-order valence-corrected chi connectivity index (χ1v) is 6.45. The monoisotopic (exact) mass is 257 g/mol. The van der Waals surface area contributed by atoms with Gasteiger partial charge >= 0.3 is 0 Å². The molecule has 1 aromatic heterocycles. The van der Waals surface area contributed by atoms with Crippen LogP contribution in [0.15, 0.2) is 42.7 Å². The average molecular weight is 257 g/mol. The lowest BCUT2D eigenvalue weighted by Crippen LogP contribution is -2.13. The van der Waals surface area contributed by atoms with E-state index in [1.54, 1.807) is 10.9 Å². The fraction of sp³-hybridized carbons (Fsp3) is 0.333. The molecule has 1 unspecified atom stereocenters. The van der Waals surface area contributed by atoms with Gasteiger partial charge in [0.2, 0.25) is 0 Å². The predicted octanol–water partition coefficient (Wildman–Crippen LogP) is 2.01. The SMILES string of the molecule is Cn1cc(CC(=O)CCC(N)c2ccccc2)cn1. The molecule has 100 valence electrons. The fourth-order valence-corrected chi connectivity index (χ4v) is 2.06. The summed E-state index contributed by atoms with van der Waals surface area (Å²) in [5, 5.41) is 4.05. The van der Waals surface area contributed by atoms with Crippen molar-refractivity contribution in [3.8, 4) is 0 Å². The zero-order valence-corrected chi connectivity index (χ0v) is 11.1. The van der Waals surface area contributed by atoms with Gasteiger partial charge in [0.1, 0.15) is 5.78 Å². The highest BCUT2D eigenvalue weighted by molar-refractivity contribution is 5.80. The van der Waals surface area contributed by atoms with Crippen molar-refractivity contribution < 1.29 is 4.79 Å². The van der Waals surface area contributed by atoms with Crippen molar-refractivity contribution in [1.82, 2.24) is 9.78 Å². The smallest absolute Gasteiger partial charge is 0.137 e. The zero-order chi connectivity index (χ0) is 13.7. The maximum atomic E-state index is 11.9. The van der Waals surface area contributed by atoms with Gasteiger partial charge in [-0.1, -0.05) is 30.3 Å². The summed E-state index contributed by atoms with van der Waals surface area (Å²) in [5.74, 6) is 0.208. The Morgan fingerprint density at radius 3 is 2.74 bits per heavy atom. The summed E-state index contributed by atoms with van der Waals surface area (Å²) in [6.45, 7) is 0. The molecule has 0 fully saturated rings. The van der Waals surface area contributed by atoms with Gasteiger partial charge in [-0.3, -0.25) is 9.48 Å². The number of aromatic nitrogens is 2.